The lowest BCUT2D eigenvalue weighted by molar-refractivity contribution is -0.121. The smallest absolute Gasteiger partial charge is 0.243 e. The van der Waals surface area contributed by atoms with Crippen LogP contribution in [-0.2, 0) is 26.0 Å². The molecule has 2 aliphatic heterocycles. The Hall–Kier alpha value is -2.85. The van der Waals surface area contributed by atoms with Gasteiger partial charge in [0.1, 0.15) is 11.6 Å². The van der Waals surface area contributed by atoms with Gasteiger partial charge >= 0.3 is 0 Å². The van der Waals surface area contributed by atoms with Crippen molar-refractivity contribution in [2.45, 2.75) is 37.5 Å². The van der Waals surface area contributed by atoms with Crippen LogP contribution in [0.25, 0.3) is 0 Å². The molecule has 0 bridgehead atoms. The minimum atomic E-state index is -3.76. The van der Waals surface area contributed by atoms with Gasteiger partial charge < -0.3 is 10.2 Å². The Bertz CT molecular complexity index is 1190. The van der Waals surface area contributed by atoms with Crippen LogP contribution in [0, 0.1) is 17.6 Å². The maximum absolute atomic E-state index is 13.8. The largest absolute Gasteiger partial charge is 0.323 e. The molecule has 4 rings (SSSR count). The molecule has 0 aliphatic carbocycles. The number of benzene rings is 2. The Kier molecular flexibility index (Phi) is 6.49. The minimum absolute atomic E-state index is 0.0765. The Morgan fingerprint density at radius 3 is 2.42 bits per heavy atom. The van der Waals surface area contributed by atoms with E-state index in [9.17, 15) is 26.8 Å². The van der Waals surface area contributed by atoms with Gasteiger partial charge in [0.05, 0.1) is 10.6 Å². The lowest BCUT2D eigenvalue weighted by atomic mass is 9.97. The van der Waals surface area contributed by atoms with Gasteiger partial charge in [0, 0.05) is 44.2 Å². The second-order valence-corrected chi connectivity index (χ2v) is 10.3. The number of carbonyl (C=O) groups is 2. The van der Waals surface area contributed by atoms with E-state index in [1.165, 1.54) is 17.3 Å². The van der Waals surface area contributed by atoms with E-state index in [-0.39, 0.29) is 42.4 Å². The van der Waals surface area contributed by atoms with Crippen molar-refractivity contribution >= 4 is 33.2 Å². The van der Waals surface area contributed by atoms with E-state index in [0.29, 0.717) is 19.0 Å². The number of aryl methyl sites for hydroxylation is 1. The Morgan fingerprint density at radius 1 is 1.03 bits per heavy atom. The fraction of sp³-hybridized carbons (Fsp3) is 0.391. The van der Waals surface area contributed by atoms with Crippen LogP contribution in [0.5, 0.6) is 0 Å². The van der Waals surface area contributed by atoms with Crippen molar-refractivity contribution in [1.82, 2.24) is 4.31 Å². The van der Waals surface area contributed by atoms with Crippen LogP contribution in [0.3, 0.4) is 0 Å². The zero-order valence-electron chi connectivity index (χ0n) is 18.2. The summed E-state index contributed by atoms with van der Waals surface area (Å²) in [5.41, 5.74) is 1.47. The molecule has 2 amide bonds. The standard InChI is InChI=1S/C23H25F2N3O4S/c1-15(29)28-10-2-3-17-13-19(5-7-22(17)28)33(31,32)27-11-8-16(9-12-27)23(30)26-21-6-4-18(24)14-20(21)25/h4-7,13-14,16H,2-3,8-12H2,1H3,(H,26,30). The molecule has 33 heavy (non-hydrogen) atoms. The molecule has 10 heteroatoms. The van der Waals surface area contributed by atoms with E-state index in [1.807, 2.05) is 0 Å². The SMILES string of the molecule is CC(=O)N1CCCc2cc(S(=O)(=O)N3CCC(C(=O)Nc4ccc(F)cc4F)CC3)ccc21. The summed E-state index contributed by atoms with van der Waals surface area (Å²) in [6, 6.07) is 7.74. The number of anilines is 2. The van der Waals surface area contributed by atoms with Crippen molar-refractivity contribution < 1.29 is 26.8 Å². The van der Waals surface area contributed by atoms with Crippen molar-refractivity contribution in [2.24, 2.45) is 5.92 Å². The molecule has 176 valence electrons. The molecule has 0 saturated carbocycles. The third kappa shape index (κ3) is 4.77. The molecular weight excluding hydrogens is 452 g/mol. The molecule has 2 aliphatic rings. The first-order valence-electron chi connectivity index (χ1n) is 10.8. The summed E-state index contributed by atoms with van der Waals surface area (Å²) in [5, 5.41) is 2.46. The number of halogens is 2. The minimum Gasteiger partial charge on any atom is -0.323 e. The number of sulfonamides is 1. The number of rotatable bonds is 4. The third-order valence-electron chi connectivity index (χ3n) is 6.20. The summed E-state index contributed by atoms with van der Waals surface area (Å²) in [6.07, 6.45) is 2.05. The number of nitrogens with one attached hydrogen (secondary N) is 1. The number of nitrogens with zero attached hydrogens (tertiary/aromatic N) is 2. The highest BCUT2D eigenvalue weighted by Crippen LogP contribution is 2.32. The number of hydrogen-bond donors (Lipinski definition) is 1. The Labute approximate surface area is 191 Å². The molecule has 0 aromatic heterocycles. The maximum atomic E-state index is 13.8. The molecule has 0 unspecified atom stereocenters. The lowest BCUT2D eigenvalue weighted by Gasteiger charge is -2.32. The lowest BCUT2D eigenvalue weighted by Crippen LogP contribution is -2.41. The second kappa shape index (κ2) is 9.18. The van der Waals surface area contributed by atoms with Gasteiger partial charge in [-0.15, -0.1) is 0 Å². The molecule has 2 aromatic rings. The van der Waals surface area contributed by atoms with Crippen molar-refractivity contribution in [3.05, 3.63) is 53.6 Å². The molecule has 7 nitrogen and oxygen atoms in total. The topological polar surface area (TPSA) is 86.8 Å². The molecule has 2 aromatic carbocycles. The van der Waals surface area contributed by atoms with Crippen molar-refractivity contribution in [1.29, 1.82) is 0 Å². The Morgan fingerprint density at radius 2 is 1.76 bits per heavy atom. The fourth-order valence-corrected chi connectivity index (χ4v) is 5.91. The summed E-state index contributed by atoms with van der Waals surface area (Å²) in [4.78, 5) is 26.2. The van der Waals surface area contributed by atoms with E-state index in [4.69, 9.17) is 0 Å². The van der Waals surface area contributed by atoms with Gasteiger partial charge in [0.15, 0.2) is 0 Å². The van der Waals surface area contributed by atoms with Gasteiger partial charge in [0.25, 0.3) is 0 Å². The van der Waals surface area contributed by atoms with Gasteiger partial charge in [-0.1, -0.05) is 0 Å². The van der Waals surface area contributed by atoms with Gasteiger partial charge in [-0.25, -0.2) is 17.2 Å². The number of piperidine rings is 1. The zero-order chi connectivity index (χ0) is 23.8. The first-order valence-corrected chi connectivity index (χ1v) is 12.3. The van der Waals surface area contributed by atoms with Gasteiger partial charge in [-0.3, -0.25) is 9.59 Å². The highest BCUT2D eigenvalue weighted by atomic mass is 32.2. The summed E-state index contributed by atoms with van der Waals surface area (Å²) in [5.74, 6) is -2.57. The average molecular weight is 478 g/mol. The number of hydrogen-bond acceptors (Lipinski definition) is 4. The summed E-state index contributed by atoms with van der Waals surface area (Å²) in [7, 11) is -3.76. The van der Waals surface area contributed by atoms with Gasteiger partial charge in [-0.2, -0.15) is 4.31 Å². The van der Waals surface area contributed by atoms with Crippen molar-refractivity contribution in [3.63, 3.8) is 0 Å². The predicted molar refractivity (Wildman–Crippen MR) is 119 cm³/mol. The normalized spacial score (nSPS) is 17.5. The van der Waals surface area contributed by atoms with E-state index in [1.54, 1.807) is 17.0 Å². The molecule has 0 spiro atoms. The third-order valence-corrected chi connectivity index (χ3v) is 8.10. The summed E-state index contributed by atoms with van der Waals surface area (Å²) < 4.78 is 54.6. The van der Waals surface area contributed by atoms with E-state index in [0.717, 1.165) is 29.8 Å². The highest BCUT2D eigenvalue weighted by Gasteiger charge is 2.33. The molecule has 2 heterocycles. The predicted octanol–water partition coefficient (Wildman–Crippen LogP) is 3.30. The first-order chi connectivity index (χ1) is 15.7. The molecule has 1 N–H and O–H groups in total. The molecule has 0 atom stereocenters. The van der Waals surface area contributed by atoms with Crippen LogP contribution >= 0.6 is 0 Å². The summed E-state index contributed by atoms with van der Waals surface area (Å²) >= 11 is 0. The monoisotopic (exact) mass is 477 g/mol. The Balaban J connectivity index is 1.43. The van der Waals surface area contributed by atoms with Gasteiger partial charge in [0.2, 0.25) is 21.8 Å². The first kappa shape index (κ1) is 23.3. The van der Waals surface area contributed by atoms with Crippen LogP contribution in [-0.4, -0.2) is 44.2 Å². The number of amides is 2. The van der Waals surface area contributed by atoms with Crippen LogP contribution in [0.1, 0.15) is 31.7 Å². The van der Waals surface area contributed by atoms with Crippen LogP contribution in [0.2, 0.25) is 0 Å². The van der Waals surface area contributed by atoms with E-state index < -0.39 is 33.5 Å². The van der Waals surface area contributed by atoms with Gasteiger partial charge in [-0.05, 0) is 61.6 Å². The zero-order valence-corrected chi connectivity index (χ0v) is 19.0. The second-order valence-electron chi connectivity index (χ2n) is 8.36. The molecule has 1 fully saturated rings. The van der Waals surface area contributed by atoms with Crippen LogP contribution < -0.4 is 10.2 Å². The van der Waals surface area contributed by atoms with Crippen molar-refractivity contribution in [2.75, 3.05) is 29.9 Å². The molecule has 0 radical (unpaired) electrons. The quantitative estimate of drug-likeness (QED) is 0.732. The molecule has 1 saturated heterocycles. The number of carbonyl (C=O) groups excluding carboxylic acids is 2. The van der Waals surface area contributed by atoms with Crippen LogP contribution in [0.15, 0.2) is 41.3 Å². The van der Waals surface area contributed by atoms with E-state index >= 15 is 0 Å². The number of fused-ring (bicyclic) bond motifs is 1. The summed E-state index contributed by atoms with van der Waals surface area (Å²) in [6.45, 7) is 2.42. The van der Waals surface area contributed by atoms with Crippen molar-refractivity contribution in [3.8, 4) is 0 Å². The highest BCUT2D eigenvalue weighted by molar-refractivity contribution is 7.89. The maximum Gasteiger partial charge on any atom is 0.243 e. The average Bonchev–Trinajstić information content (AvgIpc) is 2.80. The van der Waals surface area contributed by atoms with Crippen LogP contribution in [0.4, 0.5) is 20.2 Å². The van der Waals surface area contributed by atoms with E-state index in [2.05, 4.69) is 5.32 Å². The fourth-order valence-electron chi connectivity index (χ4n) is 4.39. The molecular formula is C23H25F2N3O4S.